The lowest BCUT2D eigenvalue weighted by Gasteiger charge is -1.96. The van der Waals surface area contributed by atoms with E-state index in [4.69, 9.17) is 0 Å². The van der Waals surface area contributed by atoms with Crippen LogP contribution in [0.25, 0.3) is 0 Å². The van der Waals surface area contributed by atoms with Crippen LogP contribution in [0.2, 0.25) is 0 Å². The zero-order chi connectivity index (χ0) is 7.40. The molecule has 1 N–H and O–H groups in total. The van der Waals surface area contributed by atoms with Crippen molar-refractivity contribution < 1.29 is 0 Å². The largest absolute Gasteiger partial charge is 0.303 e. The van der Waals surface area contributed by atoms with E-state index >= 15 is 0 Å². The minimum absolute atomic E-state index is 0.0634. The van der Waals surface area contributed by atoms with Gasteiger partial charge in [0.05, 0.1) is 0 Å². The maximum Gasteiger partial charge on any atom is 0.266 e. The molecule has 1 rings (SSSR count). The van der Waals surface area contributed by atoms with E-state index in [9.17, 15) is 4.79 Å². The third-order valence-corrected chi connectivity index (χ3v) is 1.46. The molecule has 0 atom stereocenters. The van der Waals surface area contributed by atoms with Gasteiger partial charge in [0, 0.05) is 18.8 Å². The maximum atomic E-state index is 10.9. The van der Waals surface area contributed by atoms with E-state index in [1.807, 2.05) is 0 Å². The van der Waals surface area contributed by atoms with Gasteiger partial charge in [0.25, 0.3) is 5.56 Å². The first-order valence-electron chi connectivity index (χ1n) is 3.59. The molecule has 56 valence electrons. The number of unbranched alkanes of at least 4 members (excludes halogenated alkanes) is 1. The van der Waals surface area contributed by atoms with Crippen molar-refractivity contribution in [2.24, 2.45) is 0 Å². The average molecular weight is 140 g/mol. The highest BCUT2D eigenvalue weighted by Gasteiger charge is 1.91. The molecule has 0 unspecified atom stereocenters. The molecule has 0 saturated carbocycles. The number of hydrogen-bond donors (Lipinski definition) is 1. The van der Waals surface area contributed by atoms with Gasteiger partial charge in [-0.05, 0) is 6.42 Å². The van der Waals surface area contributed by atoms with Gasteiger partial charge in [0.2, 0.25) is 0 Å². The minimum Gasteiger partial charge on any atom is -0.303 e. The van der Waals surface area contributed by atoms with Crippen LogP contribution in [-0.4, -0.2) is 9.78 Å². The van der Waals surface area contributed by atoms with Gasteiger partial charge in [-0.1, -0.05) is 13.3 Å². The summed E-state index contributed by atoms with van der Waals surface area (Å²) in [5, 5.41) is 2.84. The summed E-state index contributed by atoms with van der Waals surface area (Å²) in [6.07, 6.45) is 3.84. The van der Waals surface area contributed by atoms with Gasteiger partial charge in [-0.15, -0.1) is 0 Å². The molecule has 0 saturated heterocycles. The average Bonchev–Trinajstić information content (AvgIpc) is 2.31. The Balaban J connectivity index is 2.57. The van der Waals surface area contributed by atoms with Crippen LogP contribution in [0.4, 0.5) is 0 Å². The lowest BCUT2D eigenvalue weighted by molar-refractivity contribution is 0.557. The standard InChI is InChI=1S/C7H12N2O/c1-2-3-6-9-7(10)4-5-8-9/h4-5,8H,2-3,6H2,1H3. The molecular weight excluding hydrogens is 128 g/mol. The molecule has 0 aliphatic heterocycles. The van der Waals surface area contributed by atoms with E-state index in [-0.39, 0.29) is 5.56 Å². The van der Waals surface area contributed by atoms with Crippen molar-refractivity contribution in [3.63, 3.8) is 0 Å². The molecule has 0 amide bonds. The van der Waals surface area contributed by atoms with Gasteiger partial charge < -0.3 is 5.10 Å². The Bertz CT molecular complexity index is 236. The maximum absolute atomic E-state index is 10.9. The van der Waals surface area contributed by atoms with Crippen LogP contribution in [0.1, 0.15) is 19.8 Å². The smallest absolute Gasteiger partial charge is 0.266 e. The first-order valence-corrected chi connectivity index (χ1v) is 3.59. The Morgan fingerprint density at radius 2 is 2.50 bits per heavy atom. The molecule has 3 heteroatoms. The highest BCUT2D eigenvalue weighted by atomic mass is 16.1. The zero-order valence-electron chi connectivity index (χ0n) is 6.13. The van der Waals surface area contributed by atoms with Crippen LogP contribution in [0, 0.1) is 0 Å². The summed E-state index contributed by atoms with van der Waals surface area (Å²) < 4.78 is 1.61. The van der Waals surface area contributed by atoms with E-state index in [1.54, 1.807) is 10.9 Å². The van der Waals surface area contributed by atoms with Crippen molar-refractivity contribution in [1.82, 2.24) is 9.78 Å². The van der Waals surface area contributed by atoms with Gasteiger partial charge in [-0.25, -0.2) is 0 Å². The SMILES string of the molecule is CCCCn1[nH]ccc1=O. The van der Waals surface area contributed by atoms with Crippen molar-refractivity contribution in [2.75, 3.05) is 0 Å². The Labute approximate surface area is 59.7 Å². The number of aryl methyl sites for hydroxylation is 1. The molecule has 0 aromatic carbocycles. The van der Waals surface area contributed by atoms with E-state index in [0.717, 1.165) is 19.4 Å². The number of nitrogens with one attached hydrogen (secondary N) is 1. The second-order valence-corrected chi connectivity index (χ2v) is 2.31. The van der Waals surface area contributed by atoms with Gasteiger partial charge in [-0.2, -0.15) is 0 Å². The molecule has 10 heavy (non-hydrogen) atoms. The zero-order valence-corrected chi connectivity index (χ0v) is 6.13. The summed E-state index contributed by atoms with van der Waals surface area (Å²) in [7, 11) is 0. The minimum atomic E-state index is 0.0634. The molecule has 0 aliphatic rings. The number of aromatic nitrogens is 2. The van der Waals surface area contributed by atoms with Crippen LogP contribution in [0.15, 0.2) is 17.1 Å². The molecular formula is C7H12N2O. The second kappa shape index (κ2) is 3.25. The number of aromatic amines is 1. The molecule has 0 radical (unpaired) electrons. The molecule has 1 aromatic rings. The Hall–Kier alpha value is -0.990. The van der Waals surface area contributed by atoms with Crippen LogP contribution in [-0.2, 0) is 6.54 Å². The van der Waals surface area contributed by atoms with E-state index in [1.165, 1.54) is 6.07 Å². The van der Waals surface area contributed by atoms with Crippen LogP contribution >= 0.6 is 0 Å². The summed E-state index contributed by atoms with van der Waals surface area (Å²) in [6.45, 7) is 2.91. The molecule has 1 aromatic heterocycles. The van der Waals surface area contributed by atoms with Crippen molar-refractivity contribution in [3.8, 4) is 0 Å². The van der Waals surface area contributed by atoms with Crippen molar-refractivity contribution >= 4 is 0 Å². The second-order valence-electron chi connectivity index (χ2n) is 2.31. The van der Waals surface area contributed by atoms with Crippen molar-refractivity contribution in [3.05, 3.63) is 22.6 Å². The van der Waals surface area contributed by atoms with Gasteiger partial charge in [0.15, 0.2) is 0 Å². The molecule has 0 spiro atoms. The molecule has 1 heterocycles. The number of hydrogen-bond acceptors (Lipinski definition) is 1. The van der Waals surface area contributed by atoms with Crippen molar-refractivity contribution in [1.29, 1.82) is 0 Å². The fraction of sp³-hybridized carbons (Fsp3) is 0.571. The van der Waals surface area contributed by atoms with Crippen LogP contribution < -0.4 is 5.56 Å². The first-order chi connectivity index (χ1) is 4.84. The lowest BCUT2D eigenvalue weighted by atomic mass is 10.3. The van der Waals surface area contributed by atoms with Gasteiger partial charge in [0.1, 0.15) is 0 Å². The third kappa shape index (κ3) is 1.50. The molecule has 0 aliphatic carbocycles. The summed E-state index contributed by atoms with van der Waals surface area (Å²) >= 11 is 0. The Morgan fingerprint density at radius 1 is 1.70 bits per heavy atom. The van der Waals surface area contributed by atoms with Crippen molar-refractivity contribution in [2.45, 2.75) is 26.3 Å². The predicted octanol–water partition coefficient (Wildman–Crippen LogP) is 0.976. The predicted molar refractivity (Wildman–Crippen MR) is 40.0 cm³/mol. The van der Waals surface area contributed by atoms with E-state index < -0.39 is 0 Å². The fourth-order valence-corrected chi connectivity index (χ4v) is 0.843. The Morgan fingerprint density at radius 3 is 3.00 bits per heavy atom. The fourth-order valence-electron chi connectivity index (χ4n) is 0.843. The van der Waals surface area contributed by atoms with Gasteiger partial charge >= 0.3 is 0 Å². The topological polar surface area (TPSA) is 37.8 Å². The van der Waals surface area contributed by atoms with E-state index in [2.05, 4.69) is 12.0 Å². The van der Waals surface area contributed by atoms with Crippen LogP contribution in [0.5, 0.6) is 0 Å². The van der Waals surface area contributed by atoms with Gasteiger partial charge in [-0.3, -0.25) is 9.48 Å². The highest BCUT2D eigenvalue weighted by Crippen LogP contribution is 1.88. The number of nitrogens with zero attached hydrogens (tertiary/aromatic N) is 1. The summed E-state index contributed by atoms with van der Waals surface area (Å²) in [5.41, 5.74) is 0.0634. The molecule has 0 fully saturated rings. The lowest BCUT2D eigenvalue weighted by Crippen LogP contribution is -2.15. The highest BCUT2D eigenvalue weighted by molar-refractivity contribution is 4.79. The number of H-pyrrole nitrogens is 1. The normalized spacial score (nSPS) is 10.1. The van der Waals surface area contributed by atoms with Crippen LogP contribution in [0.3, 0.4) is 0 Å². The summed E-state index contributed by atoms with van der Waals surface area (Å²) in [6, 6.07) is 1.54. The number of rotatable bonds is 3. The molecule has 3 nitrogen and oxygen atoms in total. The monoisotopic (exact) mass is 140 g/mol. The molecule has 0 bridgehead atoms. The summed E-state index contributed by atoms with van der Waals surface area (Å²) in [5.74, 6) is 0. The third-order valence-electron chi connectivity index (χ3n) is 1.46. The summed E-state index contributed by atoms with van der Waals surface area (Å²) in [4.78, 5) is 10.9. The quantitative estimate of drug-likeness (QED) is 0.667. The Kier molecular flexibility index (Phi) is 2.31. The van der Waals surface area contributed by atoms with E-state index in [0.29, 0.717) is 0 Å². The first kappa shape index (κ1) is 7.12.